The zero-order chi connectivity index (χ0) is 10.9. The minimum atomic E-state index is -5.76. The van der Waals surface area contributed by atoms with E-state index in [9.17, 15) is 30.7 Å². The fourth-order valence-electron chi connectivity index (χ4n) is 0.471. The van der Waals surface area contributed by atoms with Gasteiger partial charge in [0.2, 0.25) is 0 Å². The van der Waals surface area contributed by atoms with Crippen LogP contribution in [0.1, 0.15) is 0 Å². The zero-order valence-electron chi connectivity index (χ0n) is 6.76. The van der Waals surface area contributed by atoms with Crippen LogP contribution in [0.15, 0.2) is 0 Å². The summed E-state index contributed by atoms with van der Waals surface area (Å²) in [5.74, 6) is -11.1. The largest absolute Gasteiger partial charge is 0.388 e. The molecule has 0 saturated carbocycles. The molecule has 0 bridgehead atoms. The third kappa shape index (κ3) is 2.41. The summed E-state index contributed by atoms with van der Waals surface area (Å²) in [5, 5.41) is 0.692. The van der Waals surface area contributed by atoms with Crippen molar-refractivity contribution in [3.05, 3.63) is 0 Å². The van der Waals surface area contributed by atoms with Gasteiger partial charge in [0.05, 0.1) is 0 Å². The van der Waals surface area contributed by atoms with Crippen molar-refractivity contribution in [2.24, 2.45) is 0 Å². The van der Waals surface area contributed by atoms with Crippen molar-refractivity contribution in [3.8, 4) is 0 Å². The van der Waals surface area contributed by atoms with Crippen LogP contribution in [0, 0.1) is 0 Å². The van der Waals surface area contributed by atoms with E-state index in [4.69, 9.17) is 0 Å². The maximum atomic E-state index is 12.2. The number of hydrogen-bond donors (Lipinski definition) is 1. The average molecular weight is 250 g/mol. The van der Waals surface area contributed by atoms with Crippen LogP contribution in [0.5, 0.6) is 0 Å². The normalized spacial score (nSPS) is 13.7. The lowest BCUT2D eigenvalue weighted by Gasteiger charge is -2.30. The summed E-state index contributed by atoms with van der Waals surface area (Å²) in [6.45, 7) is -2.85. The van der Waals surface area contributed by atoms with Crippen LogP contribution < -0.4 is 5.32 Å². The van der Waals surface area contributed by atoms with Gasteiger partial charge in [-0.2, -0.15) is 26.3 Å². The van der Waals surface area contributed by atoms with Crippen molar-refractivity contribution in [1.82, 2.24) is 5.32 Å². The summed E-state index contributed by atoms with van der Waals surface area (Å²) in [7, 11) is 0.363. The second kappa shape index (κ2) is 4.52. The third-order valence-corrected chi connectivity index (χ3v) is 1.34. The predicted octanol–water partition coefficient (Wildman–Crippen LogP) is 2.46. The average Bonchev–Trinajstić information content (AvgIpc) is 2.03. The van der Waals surface area contributed by atoms with Crippen LogP contribution in [-0.2, 0) is 0 Å². The summed E-state index contributed by atoms with van der Waals surface area (Å²) in [6.07, 6.45) is 0. The monoisotopic (exact) mass is 249 g/mol. The molecular formula is C5H7ClF7N. The molecule has 0 aromatic carbocycles. The molecule has 0 heterocycles. The fraction of sp³-hybridized carbons (Fsp3) is 1.00. The summed E-state index contributed by atoms with van der Waals surface area (Å²) >= 11 is 0. The van der Waals surface area contributed by atoms with E-state index in [0.717, 1.165) is 0 Å². The van der Waals surface area contributed by atoms with Gasteiger partial charge in [-0.15, -0.1) is 12.4 Å². The molecule has 88 valence electrons. The first kappa shape index (κ1) is 16.2. The summed E-state index contributed by atoms with van der Waals surface area (Å²) in [5.41, 5.74) is 0. The van der Waals surface area contributed by atoms with Crippen LogP contribution in [0.3, 0.4) is 0 Å². The van der Waals surface area contributed by atoms with E-state index >= 15 is 0 Å². The molecule has 0 aliphatic heterocycles. The molecule has 0 rings (SSSR count). The van der Waals surface area contributed by atoms with Gasteiger partial charge in [0.25, 0.3) is 0 Å². The van der Waals surface area contributed by atoms with Crippen molar-refractivity contribution in [2.75, 3.05) is 13.7 Å². The molecule has 0 aromatic rings. The van der Waals surface area contributed by atoms with E-state index in [2.05, 4.69) is 0 Å². The van der Waals surface area contributed by atoms with Crippen molar-refractivity contribution in [3.63, 3.8) is 0 Å². The lowest BCUT2D eigenvalue weighted by atomic mass is 10.1. The van der Waals surface area contributed by atoms with Crippen LogP contribution >= 0.6 is 12.4 Å². The summed E-state index contributed by atoms with van der Waals surface area (Å²) in [6, 6.07) is -5.15. The Labute approximate surface area is 81.1 Å². The molecule has 0 unspecified atom stereocenters. The highest BCUT2D eigenvalue weighted by Crippen LogP contribution is 2.44. The first-order chi connectivity index (χ1) is 5.62. The minimum absolute atomic E-state index is 0. The Morgan fingerprint density at radius 3 is 1.57 bits per heavy atom. The molecule has 1 N–H and O–H groups in total. The molecule has 0 fully saturated rings. The first-order valence-electron chi connectivity index (χ1n) is 3.00. The highest BCUT2D eigenvalue weighted by molar-refractivity contribution is 5.85. The van der Waals surface area contributed by atoms with Gasteiger partial charge in [0.15, 0.2) is 6.67 Å². The Hall–Kier alpha value is -0.240. The van der Waals surface area contributed by atoms with E-state index in [1.54, 1.807) is 0 Å². The molecule has 0 saturated heterocycles. The van der Waals surface area contributed by atoms with Crippen LogP contribution in [0.25, 0.3) is 0 Å². The number of hydrogen-bond acceptors (Lipinski definition) is 1. The van der Waals surface area contributed by atoms with Crippen LogP contribution in [-0.4, -0.2) is 31.6 Å². The molecule has 0 radical (unpaired) electrons. The molecule has 0 aromatic heterocycles. The molecule has 0 spiro atoms. The van der Waals surface area contributed by atoms with Gasteiger partial charge in [-0.3, -0.25) is 5.32 Å². The van der Waals surface area contributed by atoms with Crippen molar-refractivity contribution < 1.29 is 30.7 Å². The van der Waals surface area contributed by atoms with Gasteiger partial charge in [-0.1, -0.05) is 0 Å². The third-order valence-electron chi connectivity index (χ3n) is 1.34. The van der Waals surface area contributed by atoms with Gasteiger partial charge in [-0.05, 0) is 7.05 Å². The zero-order valence-corrected chi connectivity index (χ0v) is 7.58. The molecule has 1 nitrogen and oxygen atoms in total. The van der Waals surface area contributed by atoms with Gasteiger partial charge in [-0.25, -0.2) is 4.39 Å². The Kier molecular flexibility index (Phi) is 5.23. The molecule has 0 amide bonds. The maximum absolute atomic E-state index is 12.2. The van der Waals surface area contributed by atoms with E-state index in [1.807, 2.05) is 0 Å². The quantitative estimate of drug-likeness (QED) is 0.596. The lowest BCUT2D eigenvalue weighted by Crippen LogP contribution is -2.60. The highest BCUT2D eigenvalue weighted by atomic mass is 35.5. The minimum Gasteiger partial charge on any atom is -0.256 e. The molecule has 14 heavy (non-hydrogen) atoms. The van der Waals surface area contributed by atoms with E-state index < -0.39 is 24.6 Å². The van der Waals surface area contributed by atoms with Gasteiger partial charge in [0, 0.05) is 0 Å². The lowest BCUT2D eigenvalue weighted by molar-refractivity contribution is -0.319. The van der Waals surface area contributed by atoms with Gasteiger partial charge < -0.3 is 0 Å². The number of alkyl halides is 7. The highest BCUT2D eigenvalue weighted by Gasteiger charge is 2.71. The topological polar surface area (TPSA) is 12.0 Å². The SMILES string of the molecule is CNC(F)(F)C(F)(F)C(F)(F)CF.Cl. The Morgan fingerprint density at radius 2 is 1.36 bits per heavy atom. The Bertz CT molecular complexity index is 165. The standard InChI is InChI=1S/C5H6F7N.ClH/c1-13-5(11,12)4(9,10)3(7,8)2-6;/h13H,2H2,1H3;1H. The summed E-state index contributed by atoms with van der Waals surface area (Å²) < 4.78 is 83.8. The fourth-order valence-corrected chi connectivity index (χ4v) is 0.471. The molecule has 9 heteroatoms. The smallest absolute Gasteiger partial charge is 0.256 e. The van der Waals surface area contributed by atoms with Gasteiger partial charge in [0.1, 0.15) is 0 Å². The van der Waals surface area contributed by atoms with Crippen molar-refractivity contribution in [1.29, 1.82) is 0 Å². The second-order valence-electron chi connectivity index (χ2n) is 2.24. The maximum Gasteiger partial charge on any atom is 0.388 e. The van der Waals surface area contributed by atoms with E-state index in [-0.39, 0.29) is 12.4 Å². The van der Waals surface area contributed by atoms with Crippen molar-refractivity contribution in [2.45, 2.75) is 17.9 Å². The second-order valence-corrected chi connectivity index (χ2v) is 2.24. The van der Waals surface area contributed by atoms with Crippen molar-refractivity contribution >= 4 is 12.4 Å². The Balaban J connectivity index is 0. The molecule has 0 aliphatic carbocycles. The molecule has 0 atom stereocenters. The predicted molar refractivity (Wildman–Crippen MR) is 37.1 cm³/mol. The first-order valence-corrected chi connectivity index (χ1v) is 3.00. The van der Waals surface area contributed by atoms with Crippen LogP contribution in [0.2, 0.25) is 0 Å². The number of rotatable bonds is 4. The molecule has 0 aliphatic rings. The Morgan fingerprint density at radius 1 is 1.00 bits per heavy atom. The van der Waals surface area contributed by atoms with E-state index in [1.165, 1.54) is 0 Å². The van der Waals surface area contributed by atoms with Gasteiger partial charge >= 0.3 is 17.9 Å². The number of halogens is 8. The molecular weight excluding hydrogens is 243 g/mol. The summed E-state index contributed by atoms with van der Waals surface area (Å²) in [4.78, 5) is 0. The van der Waals surface area contributed by atoms with E-state index in [0.29, 0.717) is 12.4 Å². The number of nitrogens with one attached hydrogen (secondary N) is 1. The van der Waals surface area contributed by atoms with Crippen LogP contribution in [0.4, 0.5) is 30.7 Å².